The summed E-state index contributed by atoms with van der Waals surface area (Å²) in [6.07, 6.45) is -1.95. The SMILES string of the molecule is Fc1cn[c]nc1OCC(F)(F)F. The van der Waals surface area contributed by atoms with E-state index in [1.807, 2.05) is 6.33 Å². The predicted molar refractivity (Wildman–Crippen MR) is 32.4 cm³/mol. The molecule has 1 heterocycles. The molecule has 0 spiro atoms. The van der Waals surface area contributed by atoms with Crippen molar-refractivity contribution in [3.05, 3.63) is 18.3 Å². The fourth-order valence-electron chi connectivity index (χ4n) is 0.520. The third kappa shape index (κ3) is 3.22. The van der Waals surface area contributed by atoms with E-state index < -0.39 is 24.5 Å². The number of halogens is 4. The minimum atomic E-state index is -4.52. The first-order chi connectivity index (χ1) is 5.99. The van der Waals surface area contributed by atoms with Crippen molar-refractivity contribution in [2.24, 2.45) is 0 Å². The summed E-state index contributed by atoms with van der Waals surface area (Å²) in [7, 11) is 0. The second-order valence-electron chi connectivity index (χ2n) is 2.03. The lowest BCUT2D eigenvalue weighted by Crippen LogP contribution is -2.20. The summed E-state index contributed by atoms with van der Waals surface area (Å²) in [5, 5.41) is 0. The summed E-state index contributed by atoms with van der Waals surface area (Å²) in [5.41, 5.74) is 0. The molecule has 7 heteroatoms. The Balaban J connectivity index is 2.60. The van der Waals surface area contributed by atoms with Gasteiger partial charge in [-0.15, -0.1) is 0 Å². The topological polar surface area (TPSA) is 35.0 Å². The highest BCUT2D eigenvalue weighted by Crippen LogP contribution is 2.17. The molecule has 1 radical (unpaired) electrons. The standard InChI is InChI=1S/C6H3F4N2O/c7-4-1-11-3-12-5(4)13-2-6(8,9)10/h1H,2H2. The largest absolute Gasteiger partial charge is 0.466 e. The molecule has 0 atom stereocenters. The van der Waals surface area contributed by atoms with Crippen LogP contribution in [0.4, 0.5) is 17.6 Å². The normalized spacial score (nSPS) is 11.4. The van der Waals surface area contributed by atoms with E-state index in [4.69, 9.17) is 0 Å². The highest BCUT2D eigenvalue weighted by atomic mass is 19.4. The van der Waals surface area contributed by atoms with Crippen LogP contribution in [0.1, 0.15) is 0 Å². The van der Waals surface area contributed by atoms with Crippen LogP contribution in [0.5, 0.6) is 5.88 Å². The van der Waals surface area contributed by atoms with Gasteiger partial charge in [-0.25, -0.2) is 4.98 Å². The fourth-order valence-corrected chi connectivity index (χ4v) is 0.520. The second-order valence-corrected chi connectivity index (χ2v) is 2.03. The molecule has 0 aliphatic heterocycles. The Kier molecular flexibility index (Phi) is 2.64. The van der Waals surface area contributed by atoms with Crippen molar-refractivity contribution >= 4 is 0 Å². The Morgan fingerprint density at radius 3 is 2.69 bits per heavy atom. The third-order valence-corrected chi connectivity index (χ3v) is 0.964. The number of alkyl halides is 3. The van der Waals surface area contributed by atoms with Crippen LogP contribution in [-0.2, 0) is 0 Å². The van der Waals surface area contributed by atoms with Gasteiger partial charge in [-0.3, -0.25) is 0 Å². The molecule has 0 amide bonds. The maximum absolute atomic E-state index is 12.5. The van der Waals surface area contributed by atoms with Crippen molar-refractivity contribution in [2.45, 2.75) is 6.18 Å². The molecule has 0 N–H and O–H groups in total. The molecule has 0 aromatic carbocycles. The molecule has 0 aliphatic carbocycles. The molecule has 0 fully saturated rings. The average Bonchev–Trinajstić information content (AvgIpc) is 2.01. The molecule has 3 nitrogen and oxygen atoms in total. The maximum atomic E-state index is 12.5. The van der Waals surface area contributed by atoms with Gasteiger partial charge in [0.05, 0.1) is 6.20 Å². The van der Waals surface area contributed by atoms with E-state index >= 15 is 0 Å². The van der Waals surface area contributed by atoms with Crippen molar-refractivity contribution in [2.75, 3.05) is 6.61 Å². The van der Waals surface area contributed by atoms with Gasteiger partial charge < -0.3 is 4.74 Å². The summed E-state index contributed by atoms with van der Waals surface area (Å²) in [5.74, 6) is -1.81. The van der Waals surface area contributed by atoms with Crippen LogP contribution in [0.15, 0.2) is 6.20 Å². The van der Waals surface area contributed by atoms with Gasteiger partial charge in [0, 0.05) is 0 Å². The van der Waals surface area contributed by atoms with Gasteiger partial charge in [-0.1, -0.05) is 0 Å². The lowest BCUT2D eigenvalue weighted by molar-refractivity contribution is -0.154. The molecular weight excluding hydrogens is 192 g/mol. The van der Waals surface area contributed by atoms with Crippen LogP contribution < -0.4 is 4.74 Å². The van der Waals surface area contributed by atoms with Crippen molar-refractivity contribution in [1.82, 2.24) is 9.97 Å². The number of nitrogens with zero attached hydrogens (tertiary/aromatic N) is 2. The Morgan fingerprint density at radius 1 is 1.46 bits per heavy atom. The summed E-state index contributed by atoms with van der Waals surface area (Å²) >= 11 is 0. The van der Waals surface area contributed by atoms with Gasteiger partial charge in [0.15, 0.2) is 6.61 Å². The van der Waals surface area contributed by atoms with Crippen LogP contribution in [-0.4, -0.2) is 22.8 Å². The first kappa shape index (κ1) is 9.69. The monoisotopic (exact) mass is 195 g/mol. The van der Waals surface area contributed by atoms with Gasteiger partial charge in [0.2, 0.25) is 12.1 Å². The Morgan fingerprint density at radius 2 is 2.15 bits per heavy atom. The highest BCUT2D eigenvalue weighted by molar-refractivity contribution is 5.07. The van der Waals surface area contributed by atoms with Crippen LogP contribution in [0.2, 0.25) is 0 Å². The molecule has 71 valence electrons. The van der Waals surface area contributed by atoms with Crippen molar-refractivity contribution in [3.8, 4) is 5.88 Å². The summed E-state index contributed by atoms with van der Waals surface area (Å²) in [6.45, 7) is -1.59. The first-order valence-corrected chi connectivity index (χ1v) is 3.07. The van der Waals surface area contributed by atoms with Crippen LogP contribution in [0.25, 0.3) is 0 Å². The molecule has 1 rings (SSSR count). The van der Waals surface area contributed by atoms with Gasteiger partial charge in [-0.2, -0.15) is 22.5 Å². The zero-order chi connectivity index (χ0) is 9.90. The van der Waals surface area contributed by atoms with Crippen LogP contribution in [0.3, 0.4) is 0 Å². The molecule has 0 aliphatic rings. The minimum absolute atomic E-state index is 0.665. The Hall–Kier alpha value is -1.40. The highest BCUT2D eigenvalue weighted by Gasteiger charge is 2.29. The molecular formula is C6H3F4N2O. The summed E-state index contributed by atoms with van der Waals surface area (Å²) in [6, 6.07) is 0. The second kappa shape index (κ2) is 3.55. The van der Waals surface area contributed by atoms with Crippen molar-refractivity contribution in [3.63, 3.8) is 0 Å². The van der Waals surface area contributed by atoms with Crippen LogP contribution in [0, 0.1) is 12.1 Å². The smallest absolute Gasteiger partial charge is 0.422 e. The number of hydrogen-bond acceptors (Lipinski definition) is 3. The van der Waals surface area contributed by atoms with Gasteiger partial charge in [0.25, 0.3) is 5.88 Å². The van der Waals surface area contributed by atoms with E-state index in [1.54, 1.807) is 0 Å². The van der Waals surface area contributed by atoms with Gasteiger partial charge >= 0.3 is 6.18 Å². The molecule has 0 unspecified atom stereocenters. The lowest BCUT2D eigenvalue weighted by atomic mass is 10.6. The van der Waals surface area contributed by atoms with E-state index in [0.717, 1.165) is 0 Å². The van der Waals surface area contributed by atoms with Crippen molar-refractivity contribution in [1.29, 1.82) is 0 Å². The first-order valence-electron chi connectivity index (χ1n) is 3.07. The molecule has 0 bridgehead atoms. The summed E-state index contributed by atoms with van der Waals surface area (Å²) in [4.78, 5) is 6.16. The number of aromatic nitrogens is 2. The van der Waals surface area contributed by atoms with E-state index in [0.29, 0.717) is 6.20 Å². The van der Waals surface area contributed by atoms with Gasteiger partial charge in [0.1, 0.15) is 0 Å². The molecule has 1 aromatic rings. The number of rotatable bonds is 2. The molecule has 0 saturated carbocycles. The predicted octanol–water partition coefficient (Wildman–Crippen LogP) is 1.36. The number of ether oxygens (including phenoxy) is 1. The van der Waals surface area contributed by atoms with Gasteiger partial charge in [-0.05, 0) is 0 Å². The van der Waals surface area contributed by atoms with Crippen LogP contribution >= 0.6 is 0 Å². The minimum Gasteiger partial charge on any atom is -0.466 e. The third-order valence-electron chi connectivity index (χ3n) is 0.964. The van der Waals surface area contributed by atoms with E-state index in [1.165, 1.54) is 0 Å². The van der Waals surface area contributed by atoms with E-state index in [9.17, 15) is 17.6 Å². The van der Waals surface area contributed by atoms with E-state index in [2.05, 4.69) is 14.7 Å². The number of hydrogen-bond donors (Lipinski definition) is 0. The van der Waals surface area contributed by atoms with E-state index in [-0.39, 0.29) is 0 Å². The molecule has 0 saturated heterocycles. The maximum Gasteiger partial charge on any atom is 0.422 e. The Labute approximate surface area is 70.4 Å². The zero-order valence-corrected chi connectivity index (χ0v) is 6.10. The quantitative estimate of drug-likeness (QED) is 0.668. The molecule has 13 heavy (non-hydrogen) atoms. The zero-order valence-electron chi connectivity index (χ0n) is 6.10. The Bertz CT molecular complexity index is 288. The fraction of sp³-hybridized carbons (Fsp3) is 0.333. The average molecular weight is 195 g/mol. The van der Waals surface area contributed by atoms with Crippen molar-refractivity contribution < 1.29 is 22.3 Å². The summed E-state index contributed by atoms with van der Waals surface area (Å²) < 4.78 is 51.3. The lowest BCUT2D eigenvalue weighted by Gasteiger charge is -2.07. The molecule has 1 aromatic heterocycles.